The van der Waals surface area contributed by atoms with Crippen molar-refractivity contribution in [1.82, 2.24) is 0 Å². The van der Waals surface area contributed by atoms with Crippen LogP contribution < -0.4 is 20.7 Å². The van der Waals surface area contributed by atoms with Gasteiger partial charge in [-0.15, -0.1) is 0 Å². The van der Waals surface area contributed by atoms with E-state index in [1.807, 2.05) is 0 Å². The molecular formula is C21H18O11. The van der Waals surface area contributed by atoms with Crippen LogP contribution in [0.4, 0.5) is 0 Å². The Kier molecular flexibility index (Phi) is 4.53. The molecule has 0 spiro atoms. The SMILES string of the molecule is COc1c(O)cc2c(=O)oc3c(OC4OCC(O)C(O)C4O)c(C)cc4c(=O)oc1c2c34. The Labute approximate surface area is 177 Å². The molecule has 1 fully saturated rings. The minimum atomic E-state index is -1.59. The highest BCUT2D eigenvalue weighted by Gasteiger charge is 2.40. The van der Waals surface area contributed by atoms with Gasteiger partial charge in [-0.25, -0.2) is 9.59 Å². The summed E-state index contributed by atoms with van der Waals surface area (Å²) in [7, 11) is 1.27. The van der Waals surface area contributed by atoms with E-state index in [-0.39, 0.29) is 50.8 Å². The van der Waals surface area contributed by atoms with E-state index in [0.717, 1.165) is 6.07 Å². The van der Waals surface area contributed by atoms with E-state index in [2.05, 4.69) is 0 Å². The van der Waals surface area contributed by atoms with Crippen molar-refractivity contribution in [3.8, 4) is 17.2 Å². The van der Waals surface area contributed by atoms with Crippen molar-refractivity contribution in [1.29, 1.82) is 0 Å². The Morgan fingerprint density at radius 1 is 0.938 bits per heavy atom. The number of ether oxygens (including phenoxy) is 3. The van der Waals surface area contributed by atoms with Crippen LogP contribution in [-0.4, -0.2) is 58.7 Å². The molecule has 4 atom stereocenters. The fourth-order valence-electron chi connectivity index (χ4n) is 4.05. The maximum atomic E-state index is 12.8. The second-order valence-electron chi connectivity index (χ2n) is 7.60. The number of aliphatic hydroxyl groups is 3. The lowest BCUT2D eigenvalue weighted by molar-refractivity contribution is -0.241. The number of aromatic hydroxyl groups is 1. The third-order valence-corrected chi connectivity index (χ3v) is 5.61. The van der Waals surface area contributed by atoms with Crippen molar-refractivity contribution < 1.29 is 43.5 Å². The fraction of sp³-hybridized carbons (Fsp3) is 0.333. The molecule has 168 valence electrons. The van der Waals surface area contributed by atoms with Gasteiger partial charge in [0.05, 0.1) is 24.5 Å². The molecule has 4 aromatic rings. The Morgan fingerprint density at radius 2 is 1.53 bits per heavy atom. The van der Waals surface area contributed by atoms with E-state index < -0.39 is 41.6 Å². The smallest absolute Gasteiger partial charge is 0.344 e. The molecule has 2 aromatic carbocycles. The molecule has 0 saturated carbocycles. The van der Waals surface area contributed by atoms with Crippen molar-refractivity contribution in [2.45, 2.75) is 31.5 Å². The van der Waals surface area contributed by atoms with Crippen molar-refractivity contribution in [3.05, 3.63) is 38.5 Å². The number of hydrogen-bond donors (Lipinski definition) is 4. The molecule has 0 radical (unpaired) electrons. The first-order valence-electron chi connectivity index (χ1n) is 9.61. The quantitative estimate of drug-likeness (QED) is 0.253. The molecule has 2 aromatic heterocycles. The predicted molar refractivity (Wildman–Crippen MR) is 109 cm³/mol. The largest absolute Gasteiger partial charge is 0.504 e. The molecule has 11 heteroatoms. The molecule has 1 aliphatic rings. The molecule has 0 aliphatic carbocycles. The number of methoxy groups -OCH3 is 1. The standard InChI is InChI=1S/C21H18O11/c1-6-3-7-11-12-8(4-9(22)16(28-2)18(12)31-19(7)26)20(27)30-17(11)15(6)32-21-14(25)13(24)10(23)5-29-21/h3-4,10,13-14,21-25H,5H2,1-2H3. The van der Waals surface area contributed by atoms with Gasteiger partial charge in [-0.3, -0.25) is 0 Å². The topological polar surface area (TPSA) is 169 Å². The van der Waals surface area contributed by atoms with Crippen LogP contribution in [0.3, 0.4) is 0 Å². The highest BCUT2D eigenvalue weighted by atomic mass is 16.7. The number of hydrogen-bond acceptors (Lipinski definition) is 11. The summed E-state index contributed by atoms with van der Waals surface area (Å²) in [5.74, 6) is -0.551. The average Bonchev–Trinajstić information content (AvgIpc) is 2.75. The summed E-state index contributed by atoms with van der Waals surface area (Å²) in [5, 5.41) is 40.5. The highest BCUT2D eigenvalue weighted by molar-refractivity contribution is 6.22. The molecular weight excluding hydrogens is 428 g/mol. The van der Waals surface area contributed by atoms with Crippen LogP contribution in [0.15, 0.2) is 30.6 Å². The predicted octanol–water partition coefficient (Wildman–Crippen LogP) is 0.331. The van der Waals surface area contributed by atoms with Crippen LogP contribution in [0.25, 0.3) is 32.7 Å². The maximum absolute atomic E-state index is 12.8. The van der Waals surface area contributed by atoms with E-state index in [1.165, 1.54) is 13.2 Å². The summed E-state index contributed by atoms with van der Waals surface area (Å²) in [6, 6.07) is 2.61. The zero-order chi connectivity index (χ0) is 22.9. The van der Waals surface area contributed by atoms with Crippen molar-refractivity contribution in [2.75, 3.05) is 13.7 Å². The van der Waals surface area contributed by atoms with E-state index >= 15 is 0 Å². The molecule has 3 heterocycles. The zero-order valence-electron chi connectivity index (χ0n) is 16.8. The van der Waals surface area contributed by atoms with Gasteiger partial charge in [0.1, 0.15) is 18.3 Å². The summed E-state index contributed by atoms with van der Waals surface area (Å²) in [6.07, 6.45) is -5.79. The van der Waals surface area contributed by atoms with Gasteiger partial charge in [0, 0.05) is 10.8 Å². The van der Waals surface area contributed by atoms with E-state index in [1.54, 1.807) is 6.92 Å². The van der Waals surface area contributed by atoms with Crippen LogP contribution >= 0.6 is 0 Å². The lowest BCUT2D eigenvalue weighted by Crippen LogP contribution is -2.54. The van der Waals surface area contributed by atoms with Crippen molar-refractivity contribution in [2.24, 2.45) is 0 Å². The van der Waals surface area contributed by atoms with Gasteiger partial charge in [-0.1, -0.05) is 0 Å². The number of aryl methyl sites for hydroxylation is 1. The van der Waals surface area contributed by atoms with Crippen LogP contribution in [0.5, 0.6) is 17.2 Å². The molecule has 4 N–H and O–H groups in total. The normalized spacial score (nSPS) is 23.9. The monoisotopic (exact) mass is 446 g/mol. The molecule has 0 bridgehead atoms. The van der Waals surface area contributed by atoms with Gasteiger partial charge < -0.3 is 43.5 Å². The number of phenols is 1. The zero-order valence-corrected chi connectivity index (χ0v) is 16.8. The van der Waals surface area contributed by atoms with E-state index in [0.29, 0.717) is 5.56 Å². The molecule has 0 amide bonds. The number of rotatable bonds is 3. The highest BCUT2D eigenvalue weighted by Crippen LogP contribution is 2.44. The molecule has 1 saturated heterocycles. The van der Waals surface area contributed by atoms with E-state index in [4.69, 9.17) is 23.0 Å². The molecule has 32 heavy (non-hydrogen) atoms. The number of phenolic OH excluding ortho intramolecular Hbond substituents is 1. The van der Waals surface area contributed by atoms with Crippen LogP contribution in [0, 0.1) is 6.92 Å². The summed E-state index contributed by atoms with van der Waals surface area (Å²) in [6.45, 7) is 1.29. The summed E-state index contributed by atoms with van der Waals surface area (Å²) < 4.78 is 27.0. The van der Waals surface area contributed by atoms with Gasteiger partial charge in [-0.05, 0) is 24.6 Å². The number of benzene rings is 2. The van der Waals surface area contributed by atoms with Gasteiger partial charge in [-0.2, -0.15) is 0 Å². The van der Waals surface area contributed by atoms with Crippen molar-refractivity contribution in [3.63, 3.8) is 0 Å². The van der Waals surface area contributed by atoms with Crippen LogP contribution in [0.2, 0.25) is 0 Å². The fourth-order valence-corrected chi connectivity index (χ4v) is 4.05. The van der Waals surface area contributed by atoms with Gasteiger partial charge in [0.15, 0.2) is 22.7 Å². The van der Waals surface area contributed by atoms with Crippen LogP contribution in [0.1, 0.15) is 5.56 Å². The summed E-state index contributed by atoms with van der Waals surface area (Å²) in [4.78, 5) is 25.5. The molecule has 11 nitrogen and oxygen atoms in total. The van der Waals surface area contributed by atoms with Crippen molar-refractivity contribution >= 4 is 32.7 Å². The van der Waals surface area contributed by atoms with Gasteiger partial charge in [0.2, 0.25) is 12.0 Å². The van der Waals surface area contributed by atoms with Gasteiger partial charge in [0.25, 0.3) is 0 Å². The average molecular weight is 446 g/mol. The lowest BCUT2D eigenvalue weighted by atomic mass is 10.00. The summed E-state index contributed by atoms with van der Waals surface area (Å²) in [5.41, 5.74) is -1.49. The third-order valence-electron chi connectivity index (χ3n) is 5.61. The first kappa shape index (κ1) is 20.5. The first-order valence-corrected chi connectivity index (χ1v) is 9.61. The third kappa shape index (κ3) is 2.76. The second-order valence-corrected chi connectivity index (χ2v) is 7.60. The minimum absolute atomic E-state index is 0.0110. The second kappa shape index (κ2) is 7.07. The maximum Gasteiger partial charge on any atom is 0.344 e. The Morgan fingerprint density at radius 3 is 2.16 bits per heavy atom. The molecule has 4 unspecified atom stereocenters. The summed E-state index contributed by atoms with van der Waals surface area (Å²) >= 11 is 0. The lowest BCUT2D eigenvalue weighted by Gasteiger charge is -2.35. The number of aliphatic hydroxyl groups excluding tert-OH is 3. The molecule has 5 rings (SSSR count). The first-order chi connectivity index (χ1) is 15.2. The Bertz CT molecular complexity index is 1470. The van der Waals surface area contributed by atoms with Crippen LogP contribution in [-0.2, 0) is 4.74 Å². The Balaban J connectivity index is 1.83. The van der Waals surface area contributed by atoms with Gasteiger partial charge >= 0.3 is 11.3 Å². The Hall–Kier alpha value is -3.38. The minimum Gasteiger partial charge on any atom is -0.504 e. The van der Waals surface area contributed by atoms with E-state index in [9.17, 15) is 30.0 Å². The molecule has 1 aliphatic heterocycles.